The molecule has 0 atom stereocenters. The lowest BCUT2D eigenvalue weighted by atomic mass is 10.2. The van der Waals surface area contributed by atoms with Crippen molar-refractivity contribution in [1.82, 2.24) is 4.98 Å². The Kier molecular flexibility index (Phi) is 5.83. The molecule has 7 heteroatoms. The zero-order chi connectivity index (χ0) is 17.8. The van der Waals surface area contributed by atoms with Crippen LogP contribution >= 0.6 is 34.7 Å². The first-order chi connectivity index (χ1) is 12.1. The molecule has 0 unspecified atom stereocenters. The fourth-order valence-corrected chi connectivity index (χ4v) is 4.35. The van der Waals surface area contributed by atoms with Crippen LogP contribution in [0.25, 0.3) is 10.2 Å². The summed E-state index contributed by atoms with van der Waals surface area (Å²) in [4.78, 5) is 17.7. The molecule has 3 aromatic rings. The van der Waals surface area contributed by atoms with E-state index in [2.05, 4.69) is 10.3 Å². The average Bonchev–Trinajstić information content (AvgIpc) is 3.04. The molecule has 1 amide bonds. The van der Waals surface area contributed by atoms with Crippen LogP contribution in [0.2, 0.25) is 5.02 Å². The largest absolute Gasteiger partial charge is 0.497 e. The molecule has 0 radical (unpaired) electrons. The number of hydrogen-bond acceptors (Lipinski definition) is 5. The van der Waals surface area contributed by atoms with Crippen LogP contribution in [0.1, 0.15) is 12.0 Å². The van der Waals surface area contributed by atoms with Gasteiger partial charge in [-0.25, -0.2) is 4.98 Å². The van der Waals surface area contributed by atoms with Gasteiger partial charge in [0.15, 0.2) is 5.13 Å². The van der Waals surface area contributed by atoms with Crippen LogP contribution in [0.3, 0.4) is 0 Å². The lowest BCUT2D eigenvalue weighted by molar-refractivity contribution is -0.115. The normalized spacial score (nSPS) is 10.8. The van der Waals surface area contributed by atoms with E-state index in [9.17, 15) is 4.79 Å². The monoisotopic (exact) mass is 392 g/mol. The molecular formula is C18H17ClN2O2S2. The number of ether oxygens (including phenoxy) is 1. The van der Waals surface area contributed by atoms with Gasteiger partial charge in [0, 0.05) is 17.1 Å². The van der Waals surface area contributed by atoms with Crippen LogP contribution < -0.4 is 10.1 Å². The van der Waals surface area contributed by atoms with Crippen molar-refractivity contribution in [2.24, 2.45) is 0 Å². The van der Waals surface area contributed by atoms with E-state index in [1.165, 1.54) is 11.3 Å². The van der Waals surface area contributed by atoms with Crippen molar-refractivity contribution in [3.8, 4) is 5.75 Å². The van der Waals surface area contributed by atoms with Gasteiger partial charge in [-0.2, -0.15) is 0 Å². The highest BCUT2D eigenvalue weighted by Gasteiger charge is 2.11. The molecule has 1 heterocycles. The predicted octanol–water partition coefficient (Wildman–Crippen LogP) is 5.39. The molecule has 4 nitrogen and oxygen atoms in total. The van der Waals surface area contributed by atoms with Crippen molar-refractivity contribution in [2.45, 2.75) is 18.2 Å². The van der Waals surface area contributed by atoms with E-state index in [1.807, 2.05) is 43.3 Å². The second kappa shape index (κ2) is 8.08. The van der Waals surface area contributed by atoms with Crippen LogP contribution in [0.5, 0.6) is 5.75 Å². The van der Waals surface area contributed by atoms with Crippen LogP contribution in [0, 0.1) is 6.92 Å². The number of aryl methyl sites for hydroxylation is 1. The summed E-state index contributed by atoms with van der Waals surface area (Å²) in [6, 6.07) is 11.6. The number of methoxy groups -OCH3 is 1. The Morgan fingerprint density at radius 3 is 2.72 bits per heavy atom. The topological polar surface area (TPSA) is 51.2 Å². The summed E-state index contributed by atoms with van der Waals surface area (Å²) in [5, 5.41) is 4.12. The van der Waals surface area contributed by atoms with E-state index in [-0.39, 0.29) is 5.91 Å². The number of fused-ring (bicyclic) bond motifs is 1. The molecule has 0 aliphatic heterocycles. The fraction of sp³-hybridized carbons (Fsp3) is 0.222. The van der Waals surface area contributed by atoms with Crippen LogP contribution in [0.15, 0.2) is 41.3 Å². The van der Waals surface area contributed by atoms with E-state index in [0.717, 1.165) is 26.4 Å². The van der Waals surface area contributed by atoms with Gasteiger partial charge in [0.1, 0.15) is 5.75 Å². The van der Waals surface area contributed by atoms with Gasteiger partial charge in [0.2, 0.25) is 5.91 Å². The number of thioether (sulfide) groups is 1. The van der Waals surface area contributed by atoms with E-state index in [1.54, 1.807) is 18.9 Å². The summed E-state index contributed by atoms with van der Waals surface area (Å²) in [6.07, 6.45) is 0.416. The van der Waals surface area contributed by atoms with E-state index in [4.69, 9.17) is 16.3 Å². The Bertz CT molecular complexity index is 855. The zero-order valence-electron chi connectivity index (χ0n) is 13.8. The van der Waals surface area contributed by atoms with Gasteiger partial charge in [-0.1, -0.05) is 29.0 Å². The number of carbonyl (C=O) groups excluding carboxylic acids is 1. The number of anilines is 1. The van der Waals surface area contributed by atoms with Gasteiger partial charge in [0.05, 0.1) is 22.3 Å². The van der Waals surface area contributed by atoms with Gasteiger partial charge < -0.3 is 10.1 Å². The highest BCUT2D eigenvalue weighted by Crippen LogP contribution is 2.34. The number of hydrogen-bond donors (Lipinski definition) is 1. The van der Waals surface area contributed by atoms with Gasteiger partial charge >= 0.3 is 0 Å². The minimum absolute atomic E-state index is 0.0474. The molecular weight excluding hydrogens is 376 g/mol. The molecule has 130 valence electrons. The molecule has 25 heavy (non-hydrogen) atoms. The standard InChI is InChI=1S/C18H17ClN2O2S2/c1-11-3-8-14(19)17-16(11)21-18(25-17)20-15(22)9-10-24-13-6-4-12(23-2)5-7-13/h3-8H,9-10H2,1-2H3,(H,20,21,22). The van der Waals surface area contributed by atoms with E-state index in [0.29, 0.717) is 22.3 Å². The van der Waals surface area contributed by atoms with Gasteiger partial charge in [-0.3, -0.25) is 4.79 Å². The minimum Gasteiger partial charge on any atom is -0.497 e. The maximum absolute atomic E-state index is 12.1. The number of aromatic nitrogens is 1. The Morgan fingerprint density at radius 1 is 1.28 bits per heavy atom. The maximum atomic E-state index is 12.1. The molecule has 0 aliphatic carbocycles. The summed E-state index contributed by atoms with van der Waals surface area (Å²) >= 11 is 9.24. The zero-order valence-corrected chi connectivity index (χ0v) is 16.2. The maximum Gasteiger partial charge on any atom is 0.226 e. The summed E-state index contributed by atoms with van der Waals surface area (Å²) < 4.78 is 6.04. The number of benzene rings is 2. The number of carbonyl (C=O) groups is 1. The Balaban J connectivity index is 1.55. The lowest BCUT2D eigenvalue weighted by Gasteiger charge is -2.04. The van der Waals surface area contributed by atoms with Gasteiger partial charge in [-0.05, 0) is 42.8 Å². The summed E-state index contributed by atoms with van der Waals surface area (Å²) in [5.41, 5.74) is 1.90. The number of halogens is 1. The number of amides is 1. The van der Waals surface area contributed by atoms with Crippen molar-refractivity contribution < 1.29 is 9.53 Å². The average molecular weight is 393 g/mol. The third-order valence-electron chi connectivity index (χ3n) is 3.60. The molecule has 1 N–H and O–H groups in total. The van der Waals surface area contributed by atoms with Crippen molar-refractivity contribution in [1.29, 1.82) is 0 Å². The molecule has 0 fully saturated rings. The first kappa shape index (κ1) is 18.0. The third-order valence-corrected chi connectivity index (χ3v) is 6.05. The highest BCUT2D eigenvalue weighted by atomic mass is 35.5. The molecule has 0 aliphatic rings. The Labute approximate surface area is 159 Å². The SMILES string of the molecule is COc1ccc(SCCC(=O)Nc2nc3c(C)ccc(Cl)c3s2)cc1. The molecule has 0 saturated heterocycles. The second-order valence-corrected chi connectivity index (χ2v) is 7.96. The summed E-state index contributed by atoms with van der Waals surface area (Å²) in [6.45, 7) is 1.98. The third kappa shape index (κ3) is 4.45. The summed E-state index contributed by atoms with van der Waals surface area (Å²) in [5.74, 6) is 1.48. The number of nitrogens with zero attached hydrogens (tertiary/aromatic N) is 1. The molecule has 0 spiro atoms. The molecule has 0 bridgehead atoms. The quantitative estimate of drug-likeness (QED) is 0.571. The molecule has 0 saturated carbocycles. The van der Waals surface area contributed by atoms with Crippen LogP contribution in [-0.4, -0.2) is 23.8 Å². The van der Waals surface area contributed by atoms with Crippen molar-refractivity contribution >= 4 is 56.0 Å². The first-order valence-corrected chi connectivity index (χ1v) is 9.87. The Morgan fingerprint density at radius 2 is 2.04 bits per heavy atom. The first-order valence-electron chi connectivity index (χ1n) is 7.69. The van der Waals surface area contributed by atoms with Gasteiger partial charge in [0.25, 0.3) is 0 Å². The highest BCUT2D eigenvalue weighted by molar-refractivity contribution is 7.99. The van der Waals surface area contributed by atoms with E-state index >= 15 is 0 Å². The van der Waals surface area contributed by atoms with Crippen molar-refractivity contribution in [3.05, 3.63) is 47.0 Å². The second-order valence-electron chi connectivity index (χ2n) is 5.38. The fourth-order valence-electron chi connectivity index (χ4n) is 2.27. The van der Waals surface area contributed by atoms with E-state index < -0.39 is 0 Å². The predicted molar refractivity (Wildman–Crippen MR) is 106 cm³/mol. The molecule has 2 aromatic carbocycles. The molecule has 3 rings (SSSR count). The van der Waals surface area contributed by atoms with Crippen LogP contribution in [-0.2, 0) is 4.79 Å². The van der Waals surface area contributed by atoms with Crippen LogP contribution in [0.4, 0.5) is 5.13 Å². The van der Waals surface area contributed by atoms with Crippen molar-refractivity contribution in [2.75, 3.05) is 18.2 Å². The summed E-state index contributed by atoms with van der Waals surface area (Å²) in [7, 11) is 1.64. The minimum atomic E-state index is -0.0474. The molecule has 1 aromatic heterocycles. The number of nitrogens with one attached hydrogen (secondary N) is 1. The number of thiazole rings is 1. The number of rotatable bonds is 6. The van der Waals surface area contributed by atoms with Crippen molar-refractivity contribution in [3.63, 3.8) is 0 Å². The lowest BCUT2D eigenvalue weighted by Crippen LogP contribution is -2.11. The smallest absolute Gasteiger partial charge is 0.226 e. The Hall–Kier alpha value is -1.76. The van der Waals surface area contributed by atoms with Gasteiger partial charge in [-0.15, -0.1) is 11.8 Å².